The Kier molecular flexibility index (Phi) is 6.28. The van der Waals surface area contributed by atoms with E-state index in [2.05, 4.69) is 15.5 Å². The second-order valence-electron chi connectivity index (χ2n) is 8.05. The number of amides is 4. The zero-order valence-corrected chi connectivity index (χ0v) is 19.5. The van der Waals surface area contributed by atoms with Gasteiger partial charge in [0, 0.05) is 6.54 Å². The summed E-state index contributed by atoms with van der Waals surface area (Å²) in [6.45, 7) is 5.64. The molecule has 2 aromatic heterocycles. The van der Waals surface area contributed by atoms with Crippen LogP contribution in [0.15, 0.2) is 46.2 Å². The third-order valence-corrected chi connectivity index (χ3v) is 6.48. The Morgan fingerprint density at radius 3 is 2.70 bits per heavy atom. The summed E-state index contributed by atoms with van der Waals surface area (Å²) in [5, 5.41) is 12.8. The molecule has 1 fully saturated rings. The van der Waals surface area contributed by atoms with E-state index >= 15 is 0 Å². The lowest BCUT2D eigenvalue weighted by Gasteiger charge is -2.25. The minimum Gasteiger partial charge on any atom is -0.418 e. The standard InChI is InChI=1S/C23H25N5O4S/c1-4-11-27(13-18-25-26-20(32-18)17-10-7-12-33-17)19(29)14-28-21(30)23(3,24-22(28)31)16-9-6-5-8-15(16)2/h5-10,12H,4,11,13-14H2,1-3H3,(H,24,31). The van der Waals surface area contributed by atoms with Gasteiger partial charge in [0.05, 0.1) is 11.4 Å². The number of thiophene rings is 1. The first kappa shape index (κ1) is 22.7. The number of hydrogen-bond acceptors (Lipinski definition) is 7. The average molecular weight is 468 g/mol. The van der Waals surface area contributed by atoms with Crippen LogP contribution in [-0.2, 0) is 21.7 Å². The number of rotatable bonds is 8. The Balaban J connectivity index is 1.49. The highest BCUT2D eigenvalue weighted by Gasteiger charge is 2.50. The van der Waals surface area contributed by atoms with E-state index in [4.69, 9.17) is 4.42 Å². The molecule has 1 aromatic carbocycles. The van der Waals surface area contributed by atoms with Crippen molar-refractivity contribution in [2.24, 2.45) is 0 Å². The lowest BCUT2D eigenvalue weighted by Crippen LogP contribution is -2.44. The van der Waals surface area contributed by atoms with Crippen LogP contribution in [0.1, 0.15) is 37.3 Å². The number of aryl methyl sites for hydroxylation is 1. The van der Waals surface area contributed by atoms with Crippen molar-refractivity contribution in [3.63, 3.8) is 0 Å². The fourth-order valence-electron chi connectivity index (χ4n) is 3.93. The van der Waals surface area contributed by atoms with Crippen LogP contribution in [0.2, 0.25) is 0 Å². The first-order chi connectivity index (χ1) is 15.8. The van der Waals surface area contributed by atoms with Gasteiger partial charge in [-0.1, -0.05) is 37.3 Å². The van der Waals surface area contributed by atoms with Crippen molar-refractivity contribution in [1.29, 1.82) is 0 Å². The van der Waals surface area contributed by atoms with Gasteiger partial charge in [-0.3, -0.25) is 14.5 Å². The Morgan fingerprint density at radius 2 is 2.00 bits per heavy atom. The summed E-state index contributed by atoms with van der Waals surface area (Å²) in [6, 6.07) is 10.6. The summed E-state index contributed by atoms with van der Waals surface area (Å²) in [5.74, 6) is -0.135. The number of carbonyl (C=O) groups excluding carboxylic acids is 3. The number of urea groups is 1. The van der Waals surface area contributed by atoms with Gasteiger partial charge in [-0.15, -0.1) is 21.5 Å². The van der Waals surface area contributed by atoms with E-state index in [9.17, 15) is 14.4 Å². The Bertz CT molecular complexity index is 1180. The summed E-state index contributed by atoms with van der Waals surface area (Å²) in [5.41, 5.74) is 0.364. The molecule has 0 radical (unpaired) electrons. The second kappa shape index (κ2) is 9.14. The zero-order valence-electron chi connectivity index (χ0n) is 18.7. The van der Waals surface area contributed by atoms with Crippen LogP contribution < -0.4 is 5.32 Å². The third kappa shape index (κ3) is 4.38. The van der Waals surface area contributed by atoms with E-state index in [1.807, 2.05) is 55.6 Å². The molecule has 1 aliphatic heterocycles. The number of benzene rings is 1. The Labute approximate surface area is 195 Å². The van der Waals surface area contributed by atoms with Crippen LogP contribution in [0.25, 0.3) is 10.8 Å². The van der Waals surface area contributed by atoms with Crippen molar-refractivity contribution in [3.8, 4) is 10.8 Å². The predicted molar refractivity (Wildman–Crippen MR) is 122 cm³/mol. The van der Waals surface area contributed by atoms with Crippen molar-refractivity contribution in [2.75, 3.05) is 13.1 Å². The van der Waals surface area contributed by atoms with Gasteiger partial charge in [0.1, 0.15) is 12.1 Å². The van der Waals surface area contributed by atoms with Crippen LogP contribution in [-0.4, -0.2) is 50.9 Å². The second-order valence-corrected chi connectivity index (χ2v) is 9.00. The molecule has 0 spiro atoms. The Morgan fingerprint density at radius 1 is 1.21 bits per heavy atom. The first-order valence-corrected chi connectivity index (χ1v) is 11.6. The van der Waals surface area contributed by atoms with Crippen molar-refractivity contribution in [3.05, 3.63) is 58.8 Å². The smallest absolute Gasteiger partial charge is 0.325 e. The number of nitrogens with one attached hydrogen (secondary N) is 1. The summed E-state index contributed by atoms with van der Waals surface area (Å²) >= 11 is 1.48. The van der Waals surface area contributed by atoms with Crippen LogP contribution in [0.4, 0.5) is 4.79 Å². The highest BCUT2D eigenvalue weighted by atomic mass is 32.1. The van der Waals surface area contributed by atoms with Crippen LogP contribution >= 0.6 is 11.3 Å². The summed E-state index contributed by atoms with van der Waals surface area (Å²) in [4.78, 5) is 42.4. The van der Waals surface area contributed by atoms with Gasteiger partial charge in [-0.25, -0.2) is 4.79 Å². The molecule has 10 heteroatoms. The van der Waals surface area contributed by atoms with Crippen LogP contribution in [0, 0.1) is 6.92 Å². The molecule has 4 rings (SSSR count). The molecule has 1 saturated heterocycles. The topological polar surface area (TPSA) is 109 Å². The van der Waals surface area contributed by atoms with E-state index in [0.29, 0.717) is 30.3 Å². The number of carbonyl (C=O) groups is 3. The fraction of sp³-hybridized carbons (Fsp3) is 0.348. The molecule has 172 valence electrons. The number of aromatic nitrogens is 2. The SMILES string of the molecule is CCCN(Cc1nnc(-c2cccs2)o1)C(=O)CN1C(=O)NC(C)(c2ccccc2C)C1=O. The molecule has 1 N–H and O–H groups in total. The molecule has 4 amide bonds. The molecule has 1 unspecified atom stereocenters. The highest BCUT2D eigenvalue weighted by molar-refractivity contribution is 7.13. The molecule has 0 saturated carbocycles. The molecular formula is C23H25N5O4S. The van der Waals surface area contributed by atoms with Crippen LogP contribution in [0.3, 0.4) is 0 Å². The van der Waals surface area contributed by atoms with Crippen LogP contribution in [0.5, 0.6) is 0 Å². The van der Waals surface area contributed by atoms with Crippen molar-refractivity contribution >= 4 is 29.2 Å². The maximum Gasteiger partial charge on any atom is 0.325 e. The van der Waals surface area contributed by atoms with Crippen molar-refractivity contribution < 1.29 is 18.8 Å². The minimum atomic E-state index is -1.22. The largest absolute Gasteiger partial charge is 0.418 e. The summed E-state index contributed by atoms with van der Waals surface area (Å²) in [6.07, 6.45) is 0.693. The van der Waals surface area contributed by atoms with Gasteiger partial charge in [0.25, 0.3) is 11.8 Å². The lowest BCUT2D eigenvalue weighted by molar-refractivity contribution is -0.139. The molecule has 1 aliphatic rings. The van der Waals surface area contributed by atoms with Gasteiger partial charge in [-0.05, 0) is 42.8 Å². The van der Waals surface area contributed by atoms with Crippen molar-refractivity contribution in [1.82, 2.24) is 25.3 Å². The molecule has 3 heterocycles. The molecule has 0 aliphatic carbocycles. The van der Waals surface area contributed by atoms with E-state index in [-0.39, 0.29) is 19.0 Å². The third-order valence-electron chi connectivity index (χ3n) is 5.62. The zero-order chi connectivity index (χ0) is 23.6. The molecule has 9 nitrogen and oxygen atoms in total. The quantitative estimate of drug-likeness (QED) is 0.509. The predicted octanol–water partition coefficient (Wildman–Crippen LogP) is 3.31. The summed E-state index contributed by atoms with van der Waals surface area (Å²) < 4.78 is 5.71. The molecule has 33 heavy (non-hydrogen) atoms. The normalized spacial score (nSPS) is 18.0. The summed E-state index contributed by atoms with van der Waals surface area (Å²) in [7, 11) is 0. The van der Waals surface area contributed by atoms with E-state index in [1.54, 1.807) is 6.92 Å². The molecule has 3 aromatic rings. The lowest BCUT2D eigenvalue weighted by atomic mass is 9.88. The minimum absolute atomic E-state index is 0.101. The molecule has 0 bridgehead atoms. The van der Waals surface area contributed by atoms with E-state index < -0.39 is 17.5 Å². The highest BCUT2D eigenvalue weighted by Crippen LogP contribution is 2.31. The monoisotopic (exact) mass is 467 g/mol. The van der Waals surface area contributed by atoms with Gasteiger partial charge >= 0.3 is 6.03 Å². The number of hydrogen-bond donors (Lipinski definition) is 1. The van der Waals surface area contributed by atoms with E-state index in [0.717, 1.165) is 15.3 Å². The Hall–Kier alpha value is -3.53. The first-order valence-electron chi connectivity index (χ1n) is 10.7. The molecule has 1 atom stereocenters. The van der Waals surface area contributed by atoms with Gasteiger partial charge in [0.15, 0.2) is 0 Å². The van der Waals surface area contributed by atoms with Crippen molar-refractivity contribution in [2.45, 2.75) is 39.3 Å². The van der Waals surface area contributed by atoms with E-state index in [1.165, 1.54) is 16.2 Å². The number of nitrogens with zero attached hydrogens (tertiary/aromatic N) is 4. The number of imide groups is 1. The van der Waals surface area contributed by atoms with Gasteiger partial charge in [0.2, 0.25) is 11.8 Å². The fourth-order valence-corrected chi connectivity index (χ4v) is 4.58. The average Bonchev–Trinajstić information content (AvgIpc) is 3.52. The van der Waals surface area contributed by atoms with Gasteiger partial charge in [-0.2, -0.15) is 0 Å². The maximum absolute atomic E-state index is 13.2. The van der Waals surface area contributed by atoms with Gasteiger partial charge < -0.3 is 14.6 Å². The molecular weight excluding hydrogens is 442 g/mol. The maximum atomic E-state index is 13.2.